The van der Waals surface area contributed by atoms with Crippen LogP contribution in [0.4, 0.5) is 11.4 Å². The second kappa shape index (κ2) is 10.6. The first-order valence-electron chi connectivity index (χ1n) is 12.8. The van der Waals surface area contributed by atoms with Crippen LogP contribution in [0.2, 0.25) is 0 Å². The van der Waals surface area contributed by atoms with Gasteiger partial charge in [-0.3, -0.25) is 14.4 Å². The van der Waals surface area contributed by atoms with Gasteiger partial charge in [-0.2, -0.15) is 0 Å². The Morgan fingerprint density at radius 3 is 2.06 bits per heavy atom. The second-order valence-corrected chi connectivity index (χ2v) is 10.1. The van der Waals surface area contributed by atoms with Crippen molar-refractivity contribution >= 4 is 17.3 Å². The van der Waals surface area contributed by atoms with Gasteiger partial charge < -0.3 is 15.5 Å². The summed E-state index contributed by atoms with van der Waals surface area (Å²) in [7, 11) is 0. The van der Waals surface area contributed by atoms with Gasteiger partial charge in [0.2, 0.25) is 5.91 Å². The summed E-state index contributed by atoms with van der Waals surface area (Å²) >= 11 is 0. The lowest BCUT2D eigenvalue weighted by atomic mass is 9.81. The molecule has 2 aliphatic carbocycles. The minimum atomic E-state index is -0.354. The van der Waals surface area contributed by atoms with Crippen molar-refractivity contribution in [3.8, 4) is 0 Å². The highest BCUT2D eigenvalue weighted by atomic mass is 16.2. The van der Waals surface area contributed by atoms with Gasteiger partial charge in [-0.05, 0) is 63.7 Å². The minimum Gasteiger partial charge on any atom is -0.380 e. The summed E-state index contributed by atoms with van der Waals surface area (Å²) in [4.78, 5) is 39.1. The minimum absolute atomic E-state index is 0.136. The number of carbonyl (C=O) groups excluding carboxylic acids is 1. The molecule has 6 nitrogen and oxygen atoms in total. The SMILES string of the molecule is O=C(NC1CCCCCCC1)C1CCC(CNc2c(N3CCCCC3)c(=O)c2=O)CC1. The van der Waals surface area contributed by atoms with Crippen LogP contribution in [0.25, 0.3) is 0 Å². The fourth-order valence-corrected chi connectivity index (χ4v) is 5.76. The highest BCUT2D eigenvalue weighted by Crippen LogP contribution is 2.31. The van der Waals surface area contributed by atoms with Gasteiger partial charge in [0.15, 0.2) is 0 Å². The first-order chi connectivity index (χ1) is 15.1. The van der Waals surface area contributed by atoms with Crippen LogP contribution in [0.15, 0.2) is 9.59 Å². The Balaban J connectivity index is 1.22. The van der Waals surface area contributed by atoms with E-state index in [1.165, 1.54) is 38.5 Å². The number of rotatable bonds is 6. The average molecular weight is 430 g/mol. The molecular weight excluding hydrogens is 390 g/mol. The van der Waals surface area contributed by atoms with Crippen LogP contribution in [0, 0.1) is 11.8 Å². The molecule has 1 saturated heterocycles. The zero-order valence-electron chi connectivity index (χ0n) is 18.9. The normalized spacial score (nSPS) is 26.3. The van der Waals surface area contributed by atoms with E-state index in [1.54, 1.807) is 0 Å². The van der Waals surface area contributed by atoms with E-state index in [-0.39, 0.29) is 22.7 Å². The topological polar surface area (TPSA) is 78.5 Å². The Morgan fingerprint density at radius 1 is 0.774 bits per heavy atom. The summed E-state index contributed by atoms with van der Waals surface area (Å²) < 4.78 is 0. The molecule has 3 aliphatic rings. The number of nitrogens with one attached hydrogen (secondary N) is 2. The molecule has 3 fully saturated rings. The molecule has 6 heteroatoms. The van der Waals surface area contributed by atoms with Crippen LogP contribution >= 0.6 is 0 Å². The van der Waals surface area contributed by atoms with Crippen molar-refractivity contribution < 1.29 is 4.79 Å². The van der Waals surface area contributed by atoms with E-state index < -0.39 is 0 Å². The van der Waals surface area contributed by atoms with Gasteiger partial charge in [0, 0.05) is 31.6 Å². The van der Waals surface area contributed by atoms with E-state index in [4.69, 9.17) is 0 Å². The summed E-state index contributed by atoms with van der Waals surface area (Å²) in [5.74, 6) is 0.854. The van der Waals surface area contributed by atoms with E-state index in [0.717, 1.165) is 71.0 Å². The quantitative estimate of drug-likeness (QED) is 0.674. The Labute approximate surface area is 185 Å². The van der Waals surface area contributed by atoms with Gasteiger partial charge >= 0.3 is 0 Å². The first-order valence-corrected chi connectivity index (χ1v) is 12.8. The molecule has 0 aromatic heterocycles. The summed E-state index contributed by atoms with van der Waals surface area (Å²) in [5, 5.41) is 6.65. The van der Waals surface area contributed by atoms with Crippen molar-refractivity contribution in [1.29, 1.82) is 0 Å². The number of piperidine rings is 1. The van der Waals surface area contributed by atoms with Gasteiger partial charge in [-0.1, -0.05) is 32.1 Å². The van der Waals surface area contributed by atoms with Gasteiger partial charge in [0.1, 0.15) is 11.4 Å². The third-order valence-electron chi connectivity index (χ3n) is 7.79. The Hall–Kier alpha value is -1.85. The van der Waals surface area contributed by atoms with Crippen LogP contribution in [-0.2, 0) is 4.79 Å². The molecule has 1 aromatic carbocycles. The predicted molar refractivity (Wildman–Crippen MR) is 126 cm³/mol. The molecule has 1 heterocycles. The third-order valence-corrected chi connectivity index (χ3v) is 7.79. The van der Waals surface area contributed by atoms with E-state index in [0.29, 0.717) is 23.3 Å². The van der Waals surface area contributed by atoms with Crippen molar-refractivity contribution in [1.82, 2.24) is 5.32 Å². The maximum atomic E-state index is 12.8. The molecule has 0 atom stereocenters. The first kappa shape index (κ1) is 22.3. The van der Waals surface area contributed by atoms with Crippen molar-refractivity contribution in [3.63, 3.8) is 0 Å². The summed E-state index contributed by atoms with van der Waals surface area (Å²) in [6.45, 7) is 2.48. The van der Waals surface area contributed by atoms with Gasteiger partial charge in [0.25, 0.3) is 10.9 Å². The van der Waals surface area contributed by atoms with Crippen LogP contribution in [0.3, 0.4) is 0 Å². The fraction of sp³-hybridized carbons (Fsp3) is 0.800. The largest absolute Gasteiger partial charge is 0.380 e. The number of anilines is 2. The highest BCUT2D eigenvalue weighted by molar-refractivity contribution is 5.79. The van der Waals surface area contributed by atoms with Crippen LogP contribution in [0.1, 0.15) is 89.9 Å². The van der Waals surface area contributed by atoms with Crippen molar-refractivity contribution in [2.75, 3.05) is 29.9 Å². The van der Waals surface area contributed by atoms with Crippen molar-refractivity contribution in [3.05, 3.63) is 20.4 Å². The molecule has 0 spiro atoms. The lowest BCUT2D eigenvalue weighted by Crippen LogP contribution is -2.45. The molecule has 2 N–H and O–H groups in total. The van der Waals surface area contributed by atoms with Gasteiger partial charge in [-0.25, -0.2) is 0 Å². The number of carbonyl (C=O) groups is 1. The number of hydrogen-bond donors (Lipinski definition) is 2. The lowest BCUT2D eigenvalue weighted by molar-refractivity contribution is -0.127. The summed E-state index contributed by atoms with van der Waals surface area (Å²) in [6.07, 6.45) is 15.9. The molecule has 2 saturated carbocycles. The summed E-state index contributed by atoms with van der Waals surface area (Å²) in [6, 6.07) is 0.370. The molecular formula is C25H39N3O3. The average Bonchev–Trinajstić information content (AvgIpc) is 2.78. The fourth-order valence-electron chi connectivity index (χ4n) is 5.76. The summed E-state index contributed by atoms with van der Waals surface area (Å²) in [5.41, 5.74) is 0.486. The van der Waals surface area contributed by atoms with Crippen molar-refractivity contribution in [2.24, 2.45) is 11.8 Å². The second-order valence-electron chi connectivity index (χ2n) is 10.1. The molecule has 0 unspecified atom stereocenters. The van der Waals surface area contributed by atoms with E-state index in [9.17, 15) is 14.4 Å². The standard InChI is InChI=1S/C25H39N3O3/c29-23-21(22(24(23)30)28-15-7-4-8-16-28)26-17-18-11-13-19(14-12-18)25(31)27-20-9-5-2-1-3-6-10-20/h18-20,26H,1-17H2,(H,27,31). The molecule has 4 rings (SSSR count). The van der Waals surface area contributed by atoms with E-state index >= 15 is 0 Å². The third kappa shape index (κ3) is 5.50. The van der Waals surface area contributed by atoms with Crippen LogP contribution in [-0.4, -0.2) is 31.6 Å². The van der Waals surface area contributed by atoms with E-state index in [1.807, 2.05) is 0 Å². The number of nitrogens with zero attached hydrogens (tertiary/aromatic N) is 1. The Kier molecular flexibility index (Phi) is 7.67. The molecule has 1 amide bonds. The van der Waals surface area contributed by atoms with Crippen LogP contribution < -0.4 is 26.4 Å². The maximum absolute atomic E-state index is 12.8. The van der Waals surface area contributed by atoms with Crippen LogP contribution in [0.5, 0.6) is 0 Å². The molecule has 1 aromatic rings. The smallest absolute Gasteiger partial charge is 0.253 e. The van der Waals surface area contributed by atoms with E-state index in [2.05, 4.69) is 15.5 Å². The van der Waals surface area contributed by atoms with Gasteiger partial charge in [-0.15, -0.1) is 0 Å². The van der Waals surface area contributed by atoms with Gasteiger partial charge in [0.05, 0.1) is 0 Å². The highest BCUT2D eigenvalue weighted by Gasteiger charge is 2.30. The predicted octanol–water partition coefficient (Wildman–Crippen LogP) is 3.72. The maximum Gasteiger partial charge on any atom is 0.253 e. The lowest BCUT2D eigenvalue weighted by Gasteiger charge is -2.32. The Morgan fingerprint density at radius 2 is 1.39 bits per heavy atom. The molecule has 0 radical (unpaired) electrons. The number of amides is 1. The molecule has 31 heavy (non-hydrogen) atoms. The van der Waals surface area contributed by atoms with Crippen molar-refractivity contribution in [2.45, 2.75) is 95.9 Å². The molecule has 1 aliphatic heterocycles. The molecule has 0 bridgehead atoms. The molecule has 172 valence electrons. The zero-order valence-corrected chi connectivity index (χ0v) is 18.9. The Bertz CT molecular complexity index is 791. The monoisotopic (exact) mass is 429 g/mol. The zero-order chi connectivity index (χ0) is 21.6. The number of hydrogen-bond acceptors (Lipinski definition) is 5.